The van der Waals surface area contributed by atoms with Crippen LogP contribution >= 0.6 is 0 Å². The summed E-state index contributed by atoms with van der Waals surface area (Å²) >= 11 is 0. The number of ether oxygens (including phenoxy) is 2. The van der Waals surface area contributed by atoms with Crippen molar-refractivity contribution in [3.8, 4) is 0 Å². The highest BCUT2D eigenvalue weighted by atomic mass is 16.7. The summed E-state index contributed by atoms with van der Waals surface area (Å²) < 4.78 is 12.0. The summed E-state index contributed by atoms with van der Waals surface area (Å²) in [6.45, 7) is 5.05. The third-order valence-corrected chi connectivity index (χ3v) is 6.79. The molecule has 2 aliphatic heterocycles. The zero-order valence-electron chi connectivity index (χ0n) is 11.8. The van der Waals surface area contributed by atoms with Crippen molar-refractivity contribution in [1.82, 2.24) is 4.90 Å². The molecular weight excluding hydrogens is 226 g/mol. The van der Waals surface area contributed by atoms with Crippen molar-refractivity contribution >= 4 is 0 Å². The van der Waals surface area contributed by atoms with Crippen LogP contribution < -0.4 is 0 Å². The fraction of sp³-hybridized carbons (Fsp3) is 1.00. The van der Waals surface area contributed by atoms with Gasteiger partial charge in [0.2, 0.25) is 0 Å². The topological polar surface area (TPSA) is 21.7 Å². The van der Waals surface area contributed by atoms with Crippen molar-refractivity contribution in [2.24, 2.45) is 23.2 Å². The summed E-state index contributed by atoms with van der Waals surface area (Å²) in [5.41, 5.74) is 0.287. The number of fused-ring (bicyclic) bond motifs is 4. The first kappa shape index (κ1) is 11.7. The second-order valence-corrected chi connectivity index (χ2v) is 7.11. The number of methoxy groups -OCH3 is 2. The van der Waals surface area contributed by atoms with Crippen LogP contribution in [-0.4, -0.2) is 44.0 Å². The standard InChI is InChI=1S/C15H25NO2/c1-10-8-16-9-11(10)7-14-5-4-12(6-13(14)16)15(14,17-2)18-3/h10-13H,4-9H2,1-3H3/t10-,11+,12+,13+,14-/m0/s1. The number of nitrogens with zero attached hydrogens (tertiary/aromatic N) is 1. The number of hydrogen-bond acceptors (Lipinski definition) is 3. The van der Waals surface area contributed by atoms with E-state index in [2.05, 4.69) is 11.8 Å². The molecular formula is C15H25NO2. The van der Waals surface area contributed by atoms with Gasteiger partial charge < -0.3 is 9.47 Å². The molecule has 1 unspecified atom stereocenters. The Morgan fingerprint density at radius 2 is 1.94 bits per heavy atom. The molecule has 102 valence electrons. The molecule has 4 aliphatic rings. The van der Waals surface area contributed by atoms with Gasteiger partial charge in [0.05, 0.1) is 0 Å². The molecule has 4 bridgehead atoms. The van der Waals surface area contributed by atoms with Crippen molar-refractivity contribution in [2.45, 2.75) is 44.4 Å². The van der Waals surface area contributed by atoms with E-state index in [1.807, 2.05) is 14.2 Å². The largest absolute Gasteiger partial charge is 0.352 e. The van der Waals surface area contributed by atoms with E-state index in [1.54, 1.807) is 0 Å². The van der Waals surface area contributed by atoms with E-state index in [0.717, 1.165) is 17.9 Å². The molecule has 0 aromatic rings. The molecule has 3 heteroatoms. The Balaban J connectivity index is 1.79. The molecule has 6 atom stereocenters. The third-order valence-electron chi connectivity index (χ3n) is 6.79. The lowest BCUT2D eigenvalue weighted by atomic mass is 9.68. The van der Waals surface area contributed by atoms with Gasteiger partial charge in [-0.3, -0.25) is 4.90 Å². The average Bonchev–Trinajstić information content (AvgIpc) is 2.95. The molecule has 0 aromatic heterocycles. The Morgan fingerprint density at radius 3 is 2.67 bits per heavy atom. The van der Waals surface area contributed by atoms with Crippen molar-refractivity contribution in [2.75, 3.05) is 27.3 Å². The van der Waals surface area contributed by atoms with Crippen LogP contribution in [0.25, 0.3) is 0 Å². The zero-order valence-corrected chi connectivity index (χ0v) is 11.8. The second-order valence-electron chi connectivity index (χ2n) is 7.11. The van der Waals surface area contributed by atoms with E-state index in [4.69, 9.17) is 9.47 Å². The van der Waals surface area contributed by atoms with Gasteiger partial charge in [0, 0.05) is 44.7 Å². The van der Waals surface area contributed by atoms with E-state index >= 15 is 0 Å². The maximum absolute atomic E-state index is 6.01. The minimum Gasteiger partial charge on any atom is -0.352 e. The Kier molecular flexibility index (Phi) is 2.27. The summed E-state index contributed by atoms with van der Waals surface area (Å²) in [5, 5.41) is 0. The van der Waals surface area contributed by atoms with Gasteiger partial charge in [0.15, 0.2) is 5.79 Å². The molecule has 4 rings (SSSR count). The van der Waals surface area contributed by atoms with Gasteiger partial charge in [-0.1, -0.05) is 6.92 Å². The number of piperidine rings is 1. The van der Waals surface area contributed by atoms with E-state index in [0.29, 0.717) is 5.92 Å². The van der Waals surface area contributed by atoms with Gasteiger partial charge in [0.25, 0.3) is 0 Å². The fourth-order valence-corrected chi connectivity index (χ4v) is 6.13. The Morgan fingerprint density at radius 1 is 1.17 bits per heavy atom. The van der Waals surface area contributed by atoms with Crippen molar-refractivity contribution < 1.29 is 9.47 Å². The third kappa shape index (κ3) is 1.05. The van der Waals surface area contributed by atoms with Gasteiger partial charge in [0.1, 0.15) is 0 Å². The molecule has 4 fully saturated rings. The summed E-state index contributed by atoms with van der Waals surface area (Å²) in [7, 11) is 3.72. The molecule has 2 aliphatic carbocycles. The second kappa shape index (κ2) is 3.50. The molecule has 2 saturated carbocycles. The fourth-order valence-electron chi connectivity index (χ4n) is 6.13. The quantitative estimate of drug-likeness (QED) is 0.702. The minimum absolute atomic E-state index is 0.279. The van der Waals surface area contributed by atoms with Crippen LogP contribution in [0, 0.1) is 23.2 Å². The maximum atomic E-state index is 6.01. The van der Waals surface area contributed by atoms with Crippen LogP contribution in [0.1, 0.15) is 32.6 Å². The number of hydrogen-bond donors (Lipinski definition) is 0. The van der Waals surface area contributed by atoms with Crippen molar-refractivity contribution in [3.05, 3.63) is 0 Å². The predicted octanol–water partition coefficient (Wildman–Crippen LogP) is 2.12. The first-order valence-corrected chi connectivity index (χ1v) is 7.51. The van der Waals surface area contributed by atoms with Crippen molar-refractivity contribution in [3.63, 3.8) is 0 Å². The normalized spacial score (nSPS) is 55.8. The average molecular weight is 251 g/mol. The molecule has 1 spiro atoms. The van der Waals surface area contributed by atoms with E-state index in [9.17, 15) is 0 Å². The Labute approximate surface area is 110 Å². The van der Waals surface area contributed by atoms with Crippen LogP contribution in [0.5, 0.6) is 0 Å². The van der Waals surface area contributed by atoms with Gasteiger partial charge in [-0.05, 0) is 37.5 Å². The molecule has 2 heterocycles. The summed E-state index contributed by atoms with van der Waals surface area (Å²) in [4.78, 5) is 2.75. The maximum Gasteiger partial charge on any atom is 0.177 e. The molecule has 0 radical (unpaired) electrons. The molecule has 3 nitrogen and oxygen atoms in total. The monoisotopic (exact) mass is 251 g/mol. The lowest BCUT2D eigenvalue weighted by Gasteiger charge is -2.50. The van der Waals surface area contributed by atoms with Gasteiger partial charge in [-0.2, -0.15) is 0 Å². The van der Waals surface area contributed by atoms with Gasteiger partial charge in [-0.15, -0.1) is 0 Å². The molecule has 18 heavy (non-hydrogen) atoms. The first-order valence-electron chi connectivity index (χ1n) is 7.51. The van der Waals surface area contributed by atoms with E-state index in [1.165, 1.54) is 38.8 Å². The van der Waals surface area contributed by atoms with Crippen LogP contribution in [0.15, 0.2) is 0 Å². The lowest BCUT2D eigenvalue weighted by molar-refractivity contribution is -0.277. The van der Waals surface area contributed by atoms with Crippen LogP contribution in [0.4, 0.5) is 0 Å². The summed E-state index contributed by atoms with van der Waals surface area (Å²) in [5.74, 6) is 2.06. The highest BCUT2D eigenvalue weighted by Crippen LogP contribution is 2.69. The number of rotatable bonds is 2. The first-order chi connectivity index (χ1) is 8.67. The smallest absolute Gasteiger partial charge is 0.177 e. The van der Waals surface area contributed by atoms with Crippen LogP contribution in [0.2, 0.25) is 0 Å². The van der Waals surface area contributed by atoms with E-state index in [-0.39, 0.29) is 11.2 Å². The van der Waals surface area contributed by atoms with E-state index < -0.39 is 0 Å². The minimum atomic E-state index is -0.279. The van der Waals surface area contributed by atoms with Crippen LogP contribution in [0.3, 0.4) is 0 Å². The molecule has 0 aromatic carbocycles. The molecule has 0 amide bonds. The summed E-state index contributed by atoms with van der Waals surface area (Å²) in [6.07, 6.45) is 5.23. The SMILES string of the molecule is COC1(OC)[C@@H]2CC[C@@]13C[C@@H]1CN(C[C@@H]1C)[C@@H]3C2. The zero-order chi connectivity index (χ0) is 12.5. The van der Waals surface area contributed by atoms with Gasteiger partial charge in [-0.25, -0.2) is 0 Å². The summed E-state index contributed by atoms with van der Waals surface area (Å²) in [6, 6.07) is 0.720. The molecule has 2 saturated heterocycles. The predicted molar refractivity (Wildman–Crippen MR) is 69.2 cm³/mol. The lowest BCUT2D eigenvalue weighted by Crippen LogP contribution is -2.57. The Bertz CT molecular complexity index is 366. The highest BCUT2D eigenvalue weighted by molar-refractivity contribution is 5.20. The van der Waals surface area contributed by atoms with Gasteiger partial charge >= 0.3 is 0 Å². The highest BCUT2D eigenvalue weighted by Gasteiger charge is 2.73. The Hall–Kier alpha value is -0.120. The molecule has 0 N–H and O–H groups in total. The van der Waals surface area contributed by atoms with Crippen molar-refractivity contribution in [1.29, 1.82) is 0 Å². The van der Waals surface area contributed by atoms with Crippen LogP contribution in [-0.2, 0) is 9.47 Å².